The number of hydrogen-bond donors (Lipinski definition) is 2. The third-order valence-electron chi connectivity index (χ3n) is 7.51. The fraction of sp³-hybridized carbons (Fsp3) is 0.559. The van der Waals surface area contributed by atoms with Gasteiger partial charge in [-0.2, -0.15) is 0 Å². The van der Waals surface area contributed by atoms with E-state index in [4.69, 9.17) is 4.74 Å². The minimum absolute atomic E-state index is 0.112. The Balaban J connectivity index is 1.72. The summed E-state index contributed by atoms with van der Waals surface area (Å²) in [6.07, 6.45) is 7.31. The Labute approximate surface area is 246 Å². The smallest absolute Gasteiger partial charge is 0.343 e. The van der Waals surface area contributed by atoms with Gasteiger partial charge in [-0.05, 0) is 88.7 Å². The number of rotatable bonds is 12. The first-order valence-electron chi connectivity index (χ1n) is 15.1. The van der Waals surface area contributed by atoms with Crippen LogP contribution in [0.1, 0.15) is 89.1 Å². The van der Waals surface area contributed by atoms with Crippen molar-refractivity contribution in [3.8, 4) is 5.75 Å². The number of nitrogens with one attached hydrogen (secondary N) is 2. The number of amides is 2. The molecule has 0 aliphatic heterocycles. The molecule has 2 aromatic carbocycles. The van der Waals surface area contributed by atoms with Crippen molar-refractivity contribution < 1.29 is 19.1 Å². The lowest BCUT2D eigenvalue weighted by Gasteiger charge is -2.34. The Kier molecular flexibility index (Phi) is 11.9. The van der Waals surface area contributed by atoms with Crippen LogP contribution in [0, 0.1) is 11.8 Å². The highest BCUT2D eigenvalue weighted by molar-refractivity contribution is 5.91. The average molecular weight is 564 g/mol. The molecular formula is C34H49N3O4. The van der Waals surface area contributed by atoms with Crippen molar-refractivity contribution in [3.05, 3.63) is 65.7 Å². The SMILES string of the molecule is CC(C)C[C@@H](C(=O)N[C@@H](Cc1ccc(OC(=O)c2ccccc2)cc1)C(=O)NC(C)(C)C)N(C)CC1CCCCC1. The minimum atomic E-state index is -0.739. The van der Waals surface area contributed by atoms with Gasteiger partial charge in [-0.15, -0.1) is 0 Å². The second-order valence-electron chi connectivity index (χ2n) is 13.0. The van der Waals surface area contributed by atoms with Crippen LogP contribution in [0.3, 0.4) is 0 Å². The summed E-state index contributed by atoms with van der Waals surface area (Å²) in [7, 11) is 2.04. The minimum Gasteiger partial charge on any atom is -0.423 e. The molecule has 1 aliphatic carbocycles. The van der Waals surface area contributed by atoms with Crippen molar-refractivity contribution in [2.75, 3.05) is 13.6 Å². The second-order valence-corrected chi connectivity index (χ2v) is 13.0. The van der Waals surface area contributed by atoms with Crippen LogP contribution in [0.2, 0.25) is 0 Å². The van der Waals surface area contributed by atoms with Crippen LogP contribution in [-0.4, -0.2) is 53.9 Å². The first-order chi connectivity index (χ1) is 19.4. The molecule has 2 atom stereocenters. The van der Waals surface area contributed by atoms with Crippen LogP contribution in [-0.2, 0) is 16.0 Å². The maximum atomic E-state index is 13.8. The number of carbonyl (C=O) groups is 3. The molecule has 0 saturated heterocycles. The van der Waals surface area contributed by atoms with E-state index >= 15 is 0 Å². The van der Waals surface area contributed by atoms with E-state index in [1.54, 1.807) is 36.4 Å². The van der Waals surface area contributed by atoms with Crippen LogP contribution in [0.5, 0.6) is 5.75 Å². The summed E-state index contributed by atoms with van der Waals surface area (Å²) in [4.78, 5) is 41.8. The Hall–Kier alpha value is -3.19. The standard InChI is InChI=1S/C34H49N3O4/c1-24(2)21-30(37(6)23-26-13-9-7-10-14-26)32(39)35-29(31(38)36-34(3,4)5)22-25-17-19-28(20-18-25)41-33(40)27-15-11-8-12-16-27/h8,11-12,15-20,24,26,29-30H,7,9-10,13-14,21-23H2,1-6H3,(H,35,39)(H,36,38)/t29-,30-/m0/s1. The molecule has 0 radical (unpaired) electrons. The number of esters is 1. The van der Waals surface area contributed by atoms with Crippen LogP contribution >= 0.6 is 0 Å². The lowest BCUT2D eigenvalue weighted by molar-refractivity contribution is -0.133. The lowest BCUT2D eigenvalue weighted by Crippen LogP contribution is -2.57. The predicted molar refractivity (Wildman–Crippen MR) is 164 cm³/mol. The van der Waals surface area contributed by atoms with Gasteiger partial charge < -0.3 is 15.4 Å². The molecule has 0 aromatic heterocycles. The number of carbonyl (C=O) groups excluding carboxylic acids is 3. The number of benzene rings is 2. The number of hydrogen-bond acceptors (Lipinski definition) is 5. The first kappa shape index (κ1) is 32.3. The van der Waals surface area contributed by atoms with Crippen molar-refractivity contribution in [1.29, 1.82) is 0 Å². The topological polar surface area (TPSA) is 87.7 Å². The van der Waals surface area contributed by atoms with Crippen molar-refractivity contribution >= 4 is 17.8 Å². The second kappa shape index (κ2) is 15.2. The first-order valence-corrected chi connectivity index (χ1v) is 15.1. The molecule has 2 amide bonds. The summed E-state index contributed by atoms with van der Waals surface area (Å²) in [5, 5.41) is 6.14. The van der Waals surface area contributed by atoms with Gasteiger partial charge in [0.15, 0.2) is 0 Å². The summed E-state index contributed by atoms with van der Waals surface area (Å²) in [6, 6.07) is 14.9. The molecule has 7 heteroatoms. The summed E-state index contributed by atoms with van der Waals surface area (Å²) >= 11 is 0. The predicted octanol–water partition coefficient (Wildman–Crippen LogP) is 5.77. The van der Waals surface area contributed by atoms with Gasteiger partial charge in [0.1, 0.15) is 11.8 Å². The van der Waals surface area contributed by atoms with Crippen molar-refractivity contribution in [2.24, 2.45) is 11.8 Å². The van der Waals surface area contributed by atoms with Crippen LogP contribution < -0.4 is 15.4 Å². The molecule has 0 spiro atoms. The molecule has 0 heterocycles. The van der Waals surface area contributed by atoms with E-state index < -0.39 is 17.6 Å². The monoisotopic (exact) mass is 563 g/mol. The van der Waals surface area contributed by atoms with Crippen molar-refractivity contribution in [1.82, 2.24) is 15.5 Å². The maximum Gasteiger partial charge on any atom is 0.343 e. The zero-order chi connectivity index (χ0) is 30.0. The molecule has 41 heavy (non-hydrogen) atoms. The molecule has 1 aliphatic rings. The molecular weight excluding hydrogens is 514 g/mol. The number of ether oxygens (including phenoxy) is 1. The third-order valence-corrected chi connectivity index (χ3v) is 7.51. The van der Waals surface area contributed by atoms with Crippen LogP contribution in [0.4, 0.5) is 0 Å². The Bertz CT molecular complexity index is 1120. The highest BCUT2D eigenvalue weighted by Crippen LogP contribution is 2.25. The highest BCUT2D eigenvalue weighted by Gasteiger charge is 2.31. The molecule has 1 saturated carbocycles. The summed E-state index contributed by atoms with van der Waals surface area (Å²) < 4.78 is 5.50. The van der Waals surface area contributed by atoms with E-state index in [2.05, 4.69) is 29.4 Å². The van der Waals surface area contributed by atoms with E-state index in [1.807, 2.05) is 46.0 Å². The molecule has 0 unspecified atom stereocenters. The largest absolute Gasteiger partial charge is 0.423 e. The summed E-state index contributed by atoms with van der Waals surface area (Å²) in [5.74, 6) is 0.617. The van der Waals surface area contributed by atoms with Crippen LogP contribution in [0.25, 0.3) is 0 Å². The average Bonchev–Trinajstić information content (AvgIpc) is 2.92. The molecule has 0 bridgehead atoms. The van der Waals surface area contributed by atoms with Gasteiger partial charge in [0.2, 0.25) is 11.8 Å². The van der Waals surface area contributed by atoms with Crippen molar-refractivity contribution in [2.45, 2.75) is 97.2 Å². The van der Waals surface area contributed by atoms with Gasteiger partial charge in [-0.1, -0.05) is 63.4 Å². The lowest BCUT2D eigenvalue weighted by atomic mass is 9.88. The van der Waals surface area contributed by atoms with Crippen molar-refractivity contribution in [3.63, 3.8) is 0 Å². The quantitative estimate of drug-likeness (QED) is 0.253. The molecule has 3 rings (SSSR count). The van der Waals surface area contributed by atoms with E-state index in [1.165, 1.54) is 32.1 Å². The van der Waals surface area contributed by atoms with E-state index in [0.29, 0.717) is 29.6 Å². The van der Waals surface area contributed by atoms with Gasteiger partial charge in [-0.25, -0.2) is 4.79 Å². The van der Waals surface area contributed by atoms with Gasteiger partial charge in [-0.3, -0.25) is 14.5 Å². The summed E-state index contributed by atoms with van der Waals surface area (Å²) in [5.41, 5.74) is 0.891. The molecule has 224 valence electrons. The van der Waals surface area contributed by atoms with Gasteiger partial charge in [0.25, 0.3) is 0 Å². The highest BCUT2D eigenvalue weighted by atomic mass is 16.5. The number of nitrogens with zero attached hydrogens (tertiary/aromatic N) is 1. The zero-order valence-electron chi connectivity index (χ0n) is 25.7. The summed E-state index contributed by atoms with van der Waals surface area (Å²) in [6.45, 7) is 10.9. The Morgan fingerprint density at radius 3 is 2.15 bits per heavy atom. The molecule has 1 fully saturated rings. The molecule has 2 N–H and O–H groups in total. The van der Waals surface area contributed by atoms with Gasteiger partial charge in [0, 0.05) is 18.5 Å². The third kappa shape index (κ3) is 11.0. The Morgan fingerprint density at radius 1 is 0.927 bits per heavy atom. The fourth-order valence-electron chi connectivity index (χ4n) is 5.44. The normalized spacial score (nSPS) is 15.8. The fourth-order valence-corrected chi connectivity index (χ4v) is 5.44. The van der Waals surface area contributed by atoms with Crippen LogP contribution in [0.15, 0.2) is 54.6 Å². The number of likely N-dealkylation sites (N-methyl/N-ethyl adjacent to an activating group) is 1. The maximum absolute atomic E-state index is 13.8. The molecule has 2 aromatic rings. The van der Waals surface area contributed by atoms with E-state index in [-0.39, 0.29) is 17.9 Å². The van der Waals surface area contributed by atoms with Gasteiger partial charge >= 0.3 is 5.97 Å². The van der Waals surface area contributed by atoms with E-state index in [9.17, 15) is 14.4 Å². The Morgan fingerprint density at radius 2 is 1.56 bits per heavy atom. The van der Waals surface area contributed by atoms with E-state index in [0.717, 1.165) is 18.5 Å². The molecule has 7 nitrogen and oxygen atoms in total. The van der Waals surface area contributed by atoms with Gasteiger partial charge in [0.05, 0.1) is 11.6 Å². The zero-order valence-corrected chi connectivity index (χ0v) is 25.7.